The largest absolute Gasteiger partial charge is 0.383 e. The fourth-order valence-electron chi connectivity index (χ4n) is 2.59. The molecular formula is C19H14N4OS. The van der Waals surface area contributed by atoms with E-state index in [4.69, 9.17) is 10.8 Å². The third kappa shape index (κ3) is 3.12. The average molecular weight is 346 g/mol. The molecule has 2 heterocycles. The summed E-state index contributed by atoms with van der Waals surface area (Å²) < 4.78 is 1.82. The van der Waals surface area contributed by atoms with Gasteiger partial charge in [0.25, 0.3) is 0 Å². The van der Waals surface area contributed by atoms with E-state index < -0.39 is 0 Å². The second-order valence-corrected chi connectivity index (χ2v) is 6.45. The normalized spacial score (nSPS) is 15.6. The maximum absolute atomic E-state index is 11.5. The standard InChI is InChI=1S/C19H14N4OS/c20-18-16(25-19(24)21-18)11-14-12-23(15-9-5-2-6-10-15)22-17(14)13-7-3-1-4-8-13/h1-12H,(H2,20,21,24)/b16-11-. The number of thioether (sulfide) groups is 1. The topological polar surface area (TPSA) is 73.3 Å². The van der Waals surface area contributed by atoms with Crippen LogP contribution in [0.1, 0.15) is 5.56 Å². The molecule has 0 radical (unpaired) electrons. The summed E-state index contributed by atoms with van der Waals surface area (Å²) in [6.45, 7) is 0. The summed E-state index contributed by atoms with van der Waals surface area (Å²) in [5.41, 5.74) is 9.49. The highest BCUT2D eigenvalue weighted by Crippen LogP contribution is 2.31. The van der Waals surface area contributed by atoms with Crippen molar-refractivity contribution in [3.8, 4) is 16.9 Å². The van der Waals surface area contributed by atoms with E-state index in [1.165, 1.54) is 0 Å². The van der Waals surface area contributed by atoms with Crippen LogP contribution in [0.4, 0.5) is 4.79 Å². The molecule has 6 heteroatoms. The summed E-state index contributed by atoms with van der Waals surface area (Å²) in [5, 5.41) is 4.44. The molecule has 0 unspecified atom stereocenters. The van der Waals surface area contributed by atoms with Crippen molar-refractivity contribution in [1.82, 2.24) is 9.78 Å². The second-order valence-electron chi connectivity index (χ2n) is 5.45. The molecule has 0 fully saturated rings. The number of rotatable bonds is 3. The van der Waals surface area contributed by atoms with E-state index in [-0.39, 0.29) is 11.1 Å². The average Bonchev–Trinajstić information content (AvgIpc) is 3.20. The van der Waals surface area contributed by atoms with Crippen LogP contribution in [0, 0.1) is 0 Å². The van der Waals surface area contributed by atoms with Gasteiger partial charge in [-0.2, -0.15) is 10.1 Å². The summed E-state index contributed by atoms with van der Waals surface area (Å²) >= 11 is 1.03. The Morgan fingerprint density at radius 2 is 1.68 bits per heavy atom. The van der Waals surface area contributed by atoms with Crippen LogP contribution in [-0.2, 0) is 0 Å². The minimum absolute atomic E-state index is 0.251. The van der Waals surface area contributed by atoms with E-state index in [1.807, 2.05) is 77.6 Å². The lowest BCUT2D eigenvalue weighted by molar-refractivity contribution is 0.268. The van der Waals surface area contributed by atoms with Crippen molar-refractivity contribution in [2.75, 3.05) is 0 Å². The van der Waals surface area contributed by atoms with Crippen molar-refractivity contribution >= 4 is 28.9 Å². The molecule has 2 N–H and O–H groups in total. The van der Waals surface area contributed by atoms with Crippen LogP contribution in [0.25, 0.3) is 23.0 Å². The number of carbonyl (C=O) groups is 1. The maximum Gasteiger partial charge on any atom is 0.311 e. The molecule has 1 aliphatic rings. The lowest BCUT2D eigenvalue weighted by Crippen LogP contribution is -2.08. The SMILES string of the molecule is NC1=NC(=O)S/C1=C\c1cn(-c2ccccc2)nc1-c1ccccc1. The molecule has 4 rings (SSSR count). The Balaban J connectivity index is 1.85. The third-order valence-corrected chi connectivity index (χ3v) is 4.57. The highest BCUT2D eigenvalue weighted by atomic mass is 32.2. The lowest BCUT2D eigenvalue weighted by Gasteiger charge is -2.00. The number of carbonyl (C=O) groups excluding carboxylic acids is 1. The van der Waals surface area contributed by atoms with Gasteiger partial charge in [0.05, 0.1) is 16.3 Å². The van der Waals surface area contributed by atoms with Crippen molar-refractivity contribution in [1.29, 1.82) is 0 Å². The highest BCUT2D eigenvalue weighted by molar-refractivity contribution is 8.18. The van der Waals surface area contributed by atoms with Gasteiger partial charge >= 0.3 is 5.24 Å². The maximum atomic E-state index is 11.5. The molecule has 3 aromatic rings. The Labute approximate surface area is 148 Å². The fourth-order valence-corrected chi connectivity index (χ4v) is 3.26. The molecule has 0 saturated heterocycles. The Morgan fingerprint density at radius 1 is 1.00 bits per heavy atom. The number of nitrogens with two attached hydrogens (primary N) is 1. The summed E-state index contributed by atoms with van der Waals surface area (Å²) in [5.74, 6) is 0.251. The minimum Gasteiger partial charge on any atom is -0.383 e. The van der Waals surface area contributed by atoms with Crippen LogP contribution in [0.3, 0.4) is 0 Å². The van der Waals surface area contributed by atoms with Gasteiger partial charge in [0, 0.05) is 17.3 Å². The van der Waals surface area contributed by atoms with Gasteiger partial charge < -0.3 is 5.73 Å². The first kappa shape index (κ1) is 15.4. The van der Waals surface area contributed by atoms with Gasteiger partial charge in [-0.05, 0) is 30.0 Å². The number of hydrogen-bond donors (Lipinski definition) is 1. The molecule has 2 aromatic carbocycles. The van der Waals surface area contributed by atoms with Crippen LogP contribution in [0.5, 0.6) is 0 Å². The quantitative estimate of drug-likeness (QED) is 0.775. The van der Waals surface area contributed by atoms with Crippen molar-refractivity contribution in [2.24, 2.45) is 10.7 Å². The number of benzene rings is 2. The van der Waals surface area contributed by atoms with Gasteiger partial charge in [-0.25, -0.2) is 4.68 Å². The number of aliphatic imine (C=N–C) groups is 1. The van der Waals surface area contributed by atoms with E-state index in [9.17, 15) is 4.79 Å². The molecule has 0 atom stereocenters. The van der Waals surface area contributed by atoms with E-state index in [2.05, 4.69) is 4.99 Å². The van der Waals surface area contributed by atoms with Crippen molar-refractivity contribution in [2.45, 2.75) is 0 Å². The molecule has 5 nitrogen and oxygen atoms in total. The monoisotopic (exact) mass is 346 g/mol. The summed E-state index contributed by atoms with van der Waals surface area (Å²) in [6.07, 6.45) is 3.80. The number of amidine groups is 1. The van der Waals surface area contributed by atoms with Crippen molar-refractivity contribution in [3.05, 3.63) is 77.3 Å². The lowest BCUT2D eigenvalue weighted by atomic mass is 10.1. The molecule has 0 aliphatic carbocycles. The third-order valence-electron chi connectivity index (χ3n) is 3.76. The zero-order valence-corrected chi connectivity index (χ0v) is 14.0. The first-order chi connectivity index (χ1) is 12.2. The van der Waals surface area contributed by atoms with Gasteiger partial charge in [-0.15, -0.1) is 0 Å². The summed E-state index contributed by atoms with van der Waals surface area (Å²) in [7, 11) is 0. The van der Waals surface area contributed by atoms with Crippen LogP contribution in [0.15, 0.2) is 76.8 Å². The fraction of sp³-hybridized carbons (Fsp3) is 0. The number of para-hydroxylation sites is 1. The molecular weight excluding hydrogens is 332 g/mol. The first-order valence-corrected chi connectivity index (χ1v) is 8.51. The van der Waals surface area contributed by atoms with Gasteiger partial charge in [-0.3, -0.25) is 4.79 Å². The Bertz CT molecular complexity index is 991. The highest BCUT2D eigenvalue weighted by Gasteiger charge is 2.20. The zero-order valence-electron chi connectivity index (χ0n) is 13.2. The number of nitrogens with zero attached hydrogens (tertiary/aromatic N) is 3. The van der Waals surface area contributed by atoms with Gasteiger partial charge in [0.1, 0.15) is 5.84 Å². The second kappa shape index (κ2) is 6.41. The zero-order chi connectivity index (χ0) is 17.2. The molecule has 122 valence electrons. The van der Waals surface area contributed by atoms with Crippen LogP contribution >= 0.6 is 11.8 Å². The van der Waals surface area contributed by atoms with Crippen LogP contribution in [0.2, 0.25) is 0 Å². The van der Waals surface area contributed by atoms with E-state index in [0.717, 1.165) is 34.3 Å². The van der Waals surface area contributed by atoms with Crippen LogP contribution < -0.4 is 5.73 Å². The summed E-state index contributed by atoms with van der Waals surface area (Å²) in [6, 6.07) is 19.8. The molecule has 1 aromatic heterocycles. The predicted octanol–water partition coefficient (Wildman–Crippen LogP) is 4.10. The molecule has 0 saturated carbocycles. The predicted molar refractivity (Wildman–Crippen MR) is 102 cm³/mol. The van der Waals surface area contributed by atoms with Crippen LogP contribution in [-0.4, -0.2) is 20.9 Å². The Morgan fingerprint density at radius 3 is 2.32 bits per heavy atom. The number of hydrogen-bond acceptors (Lipinski definition) is 4. The van der Waals surface area contributed by atoms with E-state index in [0.29, 0.717) is 4.91 Å². The summed E-state index contributed by atoms with van der Waals surface area (Å²) in [4.78, 5) is 15.9. The number of aromatic nitrogens is 2. The Kier molecular flexibility index (Phi) is 3.95. The van der Waals surface area contributed by atoms with Gasteiger partial charge in [-0.1, -0.05) is 48.5 Å². The van der Waals surface area contributed by atoms with Gasteiger partial charge in [0.2, 0.25) is 0 Å². The molecule has 1 amide bonds. The molecule has 1 aliphatic heterocycles. The minimum atomic E-state index is -0.291. The number of amides is 1. The molecule has 25 heavy (non-hydrogen) atoms. The van der Waals surface area contributed by atoms with Crippen molar-refractivity contribution < 1.29 is 4.79 Å². The van der Waals surface area contributed by atoms with Gasteiger partial charge in [0.15, 0.2) is 0 Å². The Hall–Kier alpha value is -3.12. The van der Waals surface area contributed by atoms with E-state index >= 15 is 0 Å². The molecule has 0 bridgehead atoms. The smallest absolute Gasteiger partial charge is 0.311 e. The molecule has 0 spiro atoms. The first-order valence-electron chi connectivity index (χ1n) is 7.69. The van der Waals surface area contributed by atoms with Crippen molar-refractivity contribution in [3.63, 3.8) is 0 Å². The van der Waals surface area contributed by atoms with E-state index in [1.54, 1.807) is 0 Å².